The van der Waals surface area contributed by atoms with Crippen molar-refractivity contribution >= 4 is 34.4 Å². The first-order valence-corrected chi connectivity index (χ1v) is 9.58. The zero-order valence-electron chi connectivity index (χ0n) is 15.5. The summed E-state index contributed by atoms with van der Waals surface area (Å²) in [6.07, 6.45) is 6.68. The topological polar surface area (TPSA) is 137 Å². The van der Waals surface area contributed by atoms with Gasteiger partial charge < -0.3 is 16.0 Å². The van der Waals surface area contributed by atoms with Gasteiger partial charge in [-0.3, -0.25) is 9.69 Å². The fourth-order valence-corrected chi connectivity index (χ4v) is 3.75. The van der Waals surface area contributed by atoms with Gasteiger partial charge in [-0.2, -0.15) is 5.26 Å². The van der Waals surface area contributed by atoms with Crippen molar-refractivity contribution in [3.63, 3.8) is 0 Å². The van der Waals surface area contributed by atoms with Crippen LogP contribution in [-0.2, 0) is 4.79 Å². The van der Waals surface area contributed by atoms with Gasteiger partial charge in [0, 0.05) is 35.9 Å². The summed E-state index contributed by atoms with van der Waals surface area (Å²) in [4.78, 5) is 29.5. The van der Waals surface area contributed by atoms with Crippen molar-refractivity contribution in [2.45, 2.75) is 18.9 Å². The van der Waals surface area contributed by atoms with Crippen LogP contribution >= 0.6 is 11.6 Å². The third-order valence-electron chi connectivity index (χ3n) is 4.87. The molecule has 0 aliphatic carbocycles. The fourth-order valence-electron chi connectivity index (χ4n) is 3.60. The summed E-state index contributed by atoms with van der Waals surface area (Å²) >= 11 is 6.08. The summed E-state index contributed by atoms with van der Waals surface area (Å²) in [7, 11) is 0. The van der Waals surface area contributed by atoms with Crippen molar-refractivity contribution in [2.24, 2.45) is 5.73 Å². The number of carbonyl (C=O) groups is 1. The third kappa shape index (κ3) is 4.13. The van der Waals surface area contributed by atoms with Crippen LogP contribution in [0.15, 0.2) is 24.7 Å². The zero-order valence-corrected chi connectivity index (χ0v) is 16.3. The Balaban J connectivity index is 1.63. The van der Waals surface area contributed by atoms with Crippen molar-refractivity contribution in [1.29, 1.82) is 5.26 Å². The van der Waals surface area contributed by atoms with Gasteiger partial charge in [-0.1, -0.05) is 11.6 Å². The molecule has 3 aromatic heterocycles. The molecule has 1 atom stereocenters. The van der Waals surface area contributed by atoms with E-state index in [0.717, 1.165) is 30.3 Å². The van der Waals surface area contributed by atoms with E-state index < -0.39 is 0 Å². The molecule has 4 N–H and O–H groups in total. The summed E-state index contributed by atoms with van der Waals surface area (Å²) in [5, 5.41) is 14.1. The number of aromatic amines is 1. The molecule has 1 aliphatic heterocycles. The average Bonchev–Trinajstić information content (AvgIpc) is 3.10. The molecule has 1 saturated heterocycles. The van der Waals surface area contributed by atoms with E-state index >= 15 is 0 Å². The van der Waals surface area contributed by atoms with E-state index in [4.69, 9.17) is 17.3 Å². The number of halogens is 1. The summed E-state index contributed by atoms with van der Waals surface area (Å²) in [6.45, 7) is 1.70. The number of nitrogens with zero attached hydrogens (tertiary/aromatic N) is 5. The minimum absolute atomic E-state index is 0.0528. The molecule has 0 saturated carbocycles. The predicted molar refractivity (Wildman–Crippen MR) is 109 cm³/mol. The first kappa shape index (κ1) is 19.1. The van der Waals surface area contributed by atoms with E-state index in [1.54, 1.807) is 18.5 Å². The molecule has 3 aromatic rings. The Labute approximate surface area is 171 Å². The molecule has 0 unspecified atom stereocenters. The predicted octanol–water partition coefficient (Wildman–Crippen LogP) is 1.91. The third-order valence-corrected chi connectivity index (χ3v) is 5.08. The number of anilines is 1. The minimum Gasteiger partial charge on any atom is -0.369 e. The molecule has 10 heteroatoms. The lowest BCUT2D eigenvalue weighted by molar-refractivity contribution is -0.119. The van der Waals surface area contributed by atoms with Gasteiger partial charge in [0.2, 0.25) is 5.91 Å². The van der Waals surface area contributed by atoms with Crippen LogP contribution in [0, 0.1) is 11.3 Å². The normalized spacial score (nSPS) is 17.2. The van der Waals surface area contributed by atoms with Crippen LogP contribution in [0.1, 0.15) is 18.4 Å². The highest BCUT2D eigenvalue weighted by Crippen LogP contribution is 2.28. The lowest BCUT2D eigenvalue weighted by Crippen LogP contribution is -2.45. The molecule has 1 aliphatic rings. The van der Waals surface area contributed by atoms with E-state index in [1.165, 1.54) is 6.20 Å². The van der Waals surface area contributed by atoms with Gasteiger partial charge in [0.15, 0.2) is 5.82 Å². The number of likely N-dealkylation sites (tertiary alicyclic amines) is 1. The summed E-state index contributed by atoms with van der Waals surface area (Å²) in [5.74, 6) is 0.582. The SMILES string of the molecule is N#Cc1cnc(-c2c[nH]c3ncc(Cl)cc23)nc1N[C@H]1CCCN(CC(N)=O)C1. The van der Waals surface area contributed by atoms with Gasteiger partial charge in [-0.25, -0.2) is 15.0 Å². The highest BCUT2D eigenvalue weighted by atomic mass is 35.5. The average molecular weight is 411 g/mol. The zero-order chi connectivity index (χ0) is 20.4. The van der Waals surface area contributed by atoms with Gasteiger partial charge in [-0.15, -0.1) is 0 Å². The lowest BCUT2D eigenvalue weighted by Gasteiger charge is -2.32. The molecule has 29 heavy (non-hydrogen) atoms. The van der Waals surface area contributed by atoms with Gasteiger partial charge in [-0.05, 0) is 25.5 Å². The number of nitrogens with two attached hydrogens (primary N) is 1. The monoisotopic (exact) mass is 410 g/mol. The molecule has 0 spiro atoms. The van der Waals surface area contributed by atoms with Crippen molar-refractivity contribution in [1.82, 2.24) is 24.8 Å². The molecule has 0 radical (unpaired) electrons. The highest BCUT2D eigenvalue weighted by molar-refractivity contribution is 6.31. The van der Waals surface area contributed by atoms with E-state index in [2.05, 4.69) is 31.3 Å². The Bertz CT molecular complexity index is 1110. The number of pyridine rings is 1. The van der Waals surface area contributed by atoms with Crippen molar-refractivity contribution in [3.8, 4) is 17.5 Å². The van der Waals surface area contributed by atoms with Gasteiger partial charge in [0.1, 0.15) is 23.1 Å². The summed E-state index contributed by atoms with van der Waals surface area (Å²) in [6, 6.07) is 3.98. The fraction of sp³-hybridized carbons (Fsp3) is 0.316. The number of primary amides is 1. The van der Waals surface area contributed by atoms with Crippen LogP contribution in [0.25, 0.3) is 22.4 Å². The Morgan fingerprint density at radius 2 is 2.31 bits per heavy atom. The van der Waals surface area contributed by atoms with Crippen molar-refractivity contribution < 1.29 is 4.79 Å². The highest BCUT2D eigenvalue weighted by Gasteiger charge is 2.22. The number of piperidine rings is 1. The number of rotatable bonds is 5. The van der Waals surface area contributed by atoms with E-state index in [1.807, 2.05) is 4.90 Å². The minimum atomic E-state index is -0.348. The van der Waals surface area contributed by atoms with E-state index in [0.29, 0.717) is 34.4 Å². The second kappa shape index (κ2) is 8.03. The van der Waals surface area contributed by atoms with Crippen molar-refractivity contribution in [3.05, 3.63) is 35.2 Å². The molecule has 4 rings (SSSR count). The van der Waals surface area contributed by atoms with E-state index in [-0.39, 0.29) is 18.5 Å². The maximum Gasteiger partial charge on any atom is 0.231 e. The molecule has 4 heterocycles. The molecule has 9 nitrogen and oxygen atoms in total. The Hall–Kier alpha value is -3.22. The largest absolute Gasteiger partial charge is 0.369 e. The number of carbonyl (C=O) groups excluding carboxylic acids is 1. The van der Waals surface area contributed by atoms with Crippen LogP contribution in [-0.4, -0.2) is 56.4 Å². The number of fused-ring (bicyclic) bond motifs is 1. The maximum absolute atomic E-state index is 11.2. The number of H-pyrrole nitrogens is 1. The van der Waals surface area contributed by atoms with Crippen molar-refractivity contribution in [2.75, 3.05) is 25.0 Å². The molecular formula is C19H19ClN8O. The second-order valence-electron chi connectivity index (χ2n) is 7.00. The van der Waals surface area contributed by atoms with Crippen LogP contribution in [0.4, 0.5) is 5.82 Å². The maximum atomic E-state index is 11.2. The molecule has 0 aromatic carbocycles. The summed E-state index contributed by atoms with van der Waals surface area (Å²) in [5.41, 5.74) is 7.11. The number of hydrogen-bond acceptors (Lipinski definition) is 7. The molecular weight excluding hydrogens is 392 g/mol. The summed E-state index contributed by atoms with van der Waals surface area (Å²) < 4.78 is 0. The molecule has 148 valence electrons. The quantitative estimate of drug-likeness (QED) is 0.584. The Kier molecular flexibility index (Phi) is 5.29. The van der Waals surface area contributed by atoms with E-state index in [9.17, 15) is 10.1 Å². The molecule has 1 fully saturated rings. The molecule has 1 amide bonds. The first-order valence-electron chi connectivity index (χ1n) is 9.21. The Morgan fingerprint density at radius 1 is 1.45 bits per heavy atom. The number of aromatic nitrogens is 4. The smallest absolute Gasteiger partial charge is 0.231 e. The van der Waals surface area contributed by atoms with Crippen LogP contribution in [0.3, 0.4) is 0 Å². The van der Waals surface area contributed by atoms with Crippen LogP contribution in [0.5, 0.6) is 0 Å². The number of amides is 1. The van der Waals surface area contributed by atoms with Crippen LogP contribution < -0.4 is 11.1 Å². The number of nitriles is 1. The number of nitrogens with one attached hydrogen (secondary N) is 2. The standard InChI is InChI=1S/C19H19ClN8O/c20-12-4-14-15(8-25-18(14)24-7-12)19-23-6-11(5-21)17(27-19)26-13-2-1-3-28(9-13)10-16(22)29/h4,6-8,13H,1-3,9-10H2,(H2,22,29)(H,24,25)(H,23,26,27)/t13-/m0/s1. The van der Waals surface area contributed by atoms with Gasteiger partial charge in [0.05, 0.1) is 17.8 Å². The second-order valence-corrected chi connectivity index (χ2v) is 7.44. The van der Waals surface area contributed by atoms with Gasteiger partial charge in [0.25, 0.3) is 0 Å². The molecule has 0 bridgehead atoms. The lowest BCUT2D eigenvalue weighted by atomic mass is 10.1. The van der Waals surface area contributed by atoms with Crippen LogP contribution in [0.2, 0.25) is 5.02 Å². The van der Waals surface area contributed by atoms with Gasteiger partial charge >= 0.3 is 0 Å². The first-order chi connectivity index (χ1) is 14.0. The number of hydrogen-bond donors (Lipinski definition) is 3. The Morgan fingerprint density at radius 3 is 3.10 bits per heavy atom.